The second-order valence-corrected chi connectivity index (χ2v) is 12.5. The lowest BCUT2D eigenvalue weighted by atomic mass is 9.68. The Balaban J connectivity index is 1.34. The topological polar surface area (TPSA) is 0 Å². The summed E-state index contributed by atoms with van der Waals surface area (Å²) < 4.78 is 0. The highest BCUT2D eigenvalue weighted by molar-refractivity contribution is 6.21. The van der Waals surface area contributed by atoms with Crippen LogP contribution in [-0.2, 0) is 5.41 Å². The summed E-state index contributed by atoms with van der Waals surface area (Å²) in [5.74, 6) is 0. The van der Waals surface area contributed by atoms with E-state index in [-0.39, 0.29) is 5.41 Å². The van der Waals surface area contributed by atoms with E-state index in [1.807, 2.05) is 0 Å². The van der Waals surface area contributed by atoms with E-state index in [4.69, 9.17) is 0 Å². The Morgan fingerprint density at radius 3 is 2.02 bits per heavy atom. The molecule has 0 atom stereocenters. The van der Waals surface area contributed by atoms with Gasteiger partial charge in [0.1, 0.15) is 0 Å². The molecule has 1 aliphatic rings. The molecule has 9 rings (SSSR count). The van der Waals surface area contributed by atoms with Crippen LogP contribution in [0, 0.1) is 0 Å². The number of hydrogen-bond acceptors (Lipinski definition) is 0. The van der Waals surface area contributed by atoms with Gasteiger partial charge in [0.05, 0.1) is 0 Å². The van der Waals surface area contributed by atoms with Crippen molar-refractivity contribution in [1.82, 2.24) is 0 Å². The lowest BCUT2D eigenvalue weighted by molar-refractivity contribution is 0.645. The fraction of sp³-hybridized carbons (Fsp3) is 0.0698. The van der Waals surface area contributed by atoms with Crippen molar-refractivity contribution in [3.05, 3.63) is 157 Å². The van der Waals surface area contributed by atoms with E-state index in [0.29, 0.717) is 0 Å². The molecule has 0 aliphatic heterocycles. The number of hydrogen-bond donors (Lipinski definition) is 0. The highest BCUT2D eigenvalue weighted by Crippen LogP contribution is 2.50. The van der Waals surface area contributed by atoms with Crippen LogP contribution in [0.4, 0.5) is 0 Å². The van der Waals surface area contributed by atoms with Crippen LogP contribution >= 0.6 is 0 Å². The van der Waals surface area contributed by atoms with Crippen LogP contribution in [0.3, 0.4) is 0 Å². The van der Waals surface area contributed by atoms with Crippen LogP contribution in [0.2, 0.25) is 0 Å². The van der Waals surface area contributed by atoms with Gasteiger partial charge in [0.15, 0.2) is 0 Å². The Kier molecular flexibility index (Phi) is 5.05. The van der Waals surface area contributed by atoms with E-state index in [1.54, 1.807) is 0 Å². The van der Waals surface area contributed by atoms with Gasteiger partial charge in [-0.15, -0.1) is 0 Å². The monoisotopic (exact) mass is 546 g/mol. The van der Waals surface area contributed by atoms with Crippen molar-refractivity contribution >= 4 is 43.1 Å². The number of rotatable bonds is 2. The summed E-state index contributed by atoms with van der Waals surface area (Å²) in [5, 5.41) is 10.4. The van der Waals surface area contributed by atoms with E-state index in [1.165, 1.54) is 87.6 Å². The molecule has 0 nitrogen and oxygen atoms in total. The first-order valence-electron chi connectivity index (χ1n) is 15.2. The molecule has 0 saturated heterocycles. The molecule has 0 bridgehead atoms. The molecule has 0 spiro atoms. The molecule has 0 fully saturated rings. The average Bonchev–Trinajstić information content (AvgIpc) is 3.06. The molecule has 0 unspecified atom stereocenters. The van der Waals surface area contributed by atoms with Gasteiger partial charge in [0.2, 0.25) is 0 Å². The Morgan fingerprint density at radius 2 is 1.12 bits per heavy atom. The summed E-state index contributed by atoms with van der Waals surface area (Å²) in [7, 11) is 0. The first-order chi connectivity index (χ1) is 21.1. The molecule has 0 heterocycles. The third-order valence-corrected chi connectivity index (χ3v) is 9.84. The van der Waals surface area contributed by atoms with Crippen molar-refractivity contribution in [2.24, 2.45) is 0 Å². The normalized spacial score (nSPS) is 13.5. The Bertz CT molecular complexity index is 2410. The van der Waals surface area contributed by atoms with E-state index >= 15 is 0 Å². The van der Waals surface area contributed by atoms with Crippen LogP contribution in [0.5, 0.6) is 0 Å². The van der Waals surface area contributed by atoms with Crippen molar-refractivity contribution in [1.29, 1.82) is 0 Å². The summed E-state index contributed by atoms with van der Waals surface area (Å²) in [6.07, 6.45) is 0. The van der Waals surface area contributed by atoms with Crippen molar-refractivity contribution in [3.8, 4) is 33.4 Å². The minimum absolute atomic E-state index is 0.0593. The van der Waals surface area contributed by atoms with Crippen molar-refractivity contribution in [3.63, 3.8) is 0 Å². The zero-order chi connectivity index (χ0) is 28.7. The molecule has 0 aromatic heterocycles. The first kappa shape index (κ1) is 24.4. The zero-order valence-electron chi connectivity index (χ0n) is 24.4. The van der Waals surface area contributed by atoms with Gasteiger partial charge < -0.3 is 0 Å². The molecular weight excluding hydrogens is 516 g/mol. The number of benzene rings is 8. The Hall–Kier alpha value is -5.20. The maximum absolute atomic E-state index is 2.42. The molecular formula is C43H30. The predicted molar refractivity (Wildman–Crippen MR) is 185 cm³/mol. The van der Waals surface area contributed by atoms with Gasteiger partial charge in [-0.1, -0.05) is 147 Å². The molecule has 0 radical (unpaired) electrons. The van der Waals surface area contributed by atoms with Crippen LogP contribution in [0.15, 0.2) is 146 Å². The molecule has 0 heteroatoms. The lowest BCUT2D eigenvalue weighted by Gasteiger charge is -2.35. The lowest BCUT2D eigenvalue weighted by Crippen LogP contribution is -2.23. The van der Waals surface area contributed by atoms with Gasteiger partial charge in [-0.3, -0.25) is 0 Å². The third-order valence-electron chi connectivity index (χ3n) is 9.84. The van der Waals surface area contributed by atoms with Crippen LogP contribution in [-0.4, -0.2) is 0 Å². The van der Waals surface area contributed by atoms with Gasteiger partial charge in [-0.2, -0.15) is 0 Å². The highest BCUT2D eigenvalue weighted by atomic mass is 14.4. The second-order valence-electron chi connectivity index (χ2n) is 12.5. The molecule has 0 saturated carbocycles. The zero-order valence-corrected chi connectivity index (χ0v) is 24.4. The van der Waals surface area contributed by atoms with Crippen molar-refractivity contribution in [2.75, 3.05) is 0 Å². The minimum Gasteiger partial charge on any atom is -0.0622 e. The van der Waals surface area contributed by atoms with Gasteiger partial charge >= 0.3 is 0 Å². The third kappa shape index (κ3) is 3.44. The fourth-order valence-corrected chi connectivity index (χ4v) is 7.76. The minimum atomic E-state index is -0.0593. The summed E-state index contributed by atoms with van der Waals surface area (Å²) in [4.78, 5) is 0. The van der Waals surface area contributed by atoms with Gasteiger partial charge in [-0.25, -0.2) is 0 Å². The first-order valence-corrected chi connectivity index (χ1v) is 15.2. The molecule has 0 amide bonds. The Morgan fingerprint density at radius 1 is 0.372 bits per heavy atom. The number of fused-ring (bicyclic) bond motifs is 6. The summed E-state index contributed by atoms with van der Waals surface area (Å²) >= 11 is 0. The second kappa shape index (κ2) is 8.90. The van der Waals surface area contributed by atoms with Gasteiger partial charge in [-0.05, 0) is 99.7 Å². The molecule has 202 valence electrons. The fourth-order valence-electron chi connectivity index (χ4n) is 7.76. The largest absolute Gasteiger partial charge is 0.0622 e. The standard InChI is InChI=1S/C43H30/c1-43(2)39-18-9-8-15-33(39)35-17-10-16-34-31(23-24-40(43)42(34)35)30-20-19-27-21-22-36-38(37(27)25-30)26-29-13-6-7-14-32(29)41(36)28-11-4-3-5-12-28/h3-26H,1-2H3. The molecule has 8 aromatic rings. The summed E-state index contributed by atoms with van der Waals surface area (Å²) in [6.45, 7) is 4.74. The average molecular weight is 547 g/mol. The predicted octanol–water partition coefficient (Wildman–Crippen LogP) is 11.9. The van der Waals surface area contributed by atoms with E-state index in [2.05, 4.69) is 159 Å². The molecule has 1 aliphatic carbocycles. The quantitative estimate of drug-likeness (QED) is 0.149. The SMILES string of the molecule is CC1(C)c2ccccc2-c2cccc3c(-c4ccc5ccc6c(-c7ccccc7)c7ccccc7cc6c5c4)ccc1c23. The van der Waals surface area contributed by atoms with E-state index < -0.39 is 0 Å². The van der Waals surface area contributed by atoms with Crippen LogP contribution in [0.25, 0.3) is 76.5 Å². The van der Waals surface area contributed by atoms with Crippen molar-refractivity contribution < 1.29 is 0 Å². The maximum atomic E-state index is 2.42. The van der Waals surface area contributed by atoms with Crippen molar-refractivity contribution in [2.45, 2.75) is 19.3 Å². The molecule has 43 heavy (non-hydrogen) atoms. The maximum Gasteiger partial charge on any atom is 0.0159 e. The van der Waals surface area contributed by atoms with Gasteiger partial charge in [0, 0.05) is 5.41 Å². The van der Waals surface area contributed by atoms with E-state index in [9.17, 15) is 0 Å². The summed E-state index contributed by atoms with van der Waals surface area (Å²) in [6, 6.07) is 54.2. The van der Waals surface area contributed by atoms with E-state index in [0.717, 1.165) is 0 Å². The van der Waals surface area contributed by atoms with Crippen LogP contribution in [0.1, 0.15) is 25.0 Å². The molecule has 8 aromatic carbocycles. The summed E-state index contributed by atoms with van der Waals surface area (Å²) in [5.41, 5.74) is 10.6. The molecule has 0 N–H and O–H groups in total. The van der Waals surface area contributed by atoms with Crippen LogP contribution < -0.4 is 0 Å². The smallest absolute Gasteiger partial charge is 0.0159 e. The Labute approximate surface area is 251 Å². The van der Waals surface area contributed by atoms with Gasteiger partial charge in [0.25, 0.3) is 0 Å². The highest BCUT2D eigenvalue weighted by Gasteiger charge is 2.33.